The fourth-order valence-corrected chi connectivity index (χ4v) is 11.4. The second kappa shape index (κ2) is 38.5. The van der Waals surface area contributed by atoms with Crippen LogP contribution in [0.4, 0.5) is 0 Å². The fraction of sp³-hybridized carbons (Fsp3) is 0.667. The van der Waals surface area contributed by atoms with Gasteiger partial charge in [-0.15, -0.1) is 23.0 Å². The molecule has 0 aliphatic heterocycles. The van der Waals surface area contributed by atoms with Crippen molar-refractivity contribution in [2.75, 3.05) is 28.2 Å². The molecule has 2 aliphatic rings. The van der Waals surface area contributed by atoms with Crippen molar-refractivity contribution in [2.45, 2.75) is 311 Å². The Morgan fingerprint density at radius 3 is 0.589 bits per heavy atom. The van der Waals surface area contributed by atoms with E-state index in [4.69, 9.17) is 0 Å². The molecule has 15 nitrogen and oxygen atoms in total. The Morgan fingerprint density at radius 2 is 0.474 bits per heavy atom. The normalized spacial score (nSPS) is 16.9. The average Bonchev–Trinajstić information content (AvgIpc) is 0.826. The molecule has 2 saturated carbocycles. The first-order valence-electron chi connectivity index (χ1n) is 33.5. The standard InChI is InChI=1S/2C36H58N2O2.2C3H7NO.3O.2V/c2*1-33(2,3)25-17-23(31(39)27(19-25)35(7,8)9)21-37-29-15-13-14-16-30(29)38-22-24-18-26(34(4,5)6)20-28(32(24)40)36(10,11)12;2*1-4(2)3-5;;;;;/h2*17-20,29-30,37-40H,13-16,21-22H2,1-12H3;2*3H,1-2H3;;;;;/q;;;;3*-2;;/p-4/t2*29-,30-;;;;;;;/m11......./s1. The predicted molar refractivity (Wildman–Crippen MR) is 374 cm³/mol. The third kappa shape index (κ3) is 29.3. The van der Waals surface area contributed by atoms with Crippen LogP contribution < -0.4 is 41.7 Å². The van der Waals surface area contributed by atoms with Crippen molar-refractivity contribution in [1.82, 2.24) is 31.1 Å². The molecule has 0 spiro atoms. The monoisotopic (exact) mass is 1390 g/mol. The first kappa shape index (κ1) is 95.1. The zero-order chi connectivity index (χ0) is 69.1. The molecular formula is C78H126N6O9V2-10. The van der Waals surface area contributed by atoms with Crippen molar-refractivity contribution in [3.8, 4) is 23.0 Å². The van der Waals surface area contributed by atoms with Crippen molar-refractivity contribution >= 4 is 12.8 Å². The zero-order valence-electron chi connectivity index (χ0n) is 64.0. The molecule has 2 fully saturated rings. The minimum atomic E-state index is -0.203. The molecule has 2 radical (unpaired) electrons. The summed E-state index contributed by atoms with van der Waals surface area (Å²) in [5.74, 6) is 0.659. The molecule has 0 saturated heterocycles. The van der Waals surface area contributed by atoms with Crippen LogP contribution in [0.15, 0.2) is 48.5 Å². The van der Waals surface area contributed by atoms with Gasteiger partial charge in [0, 0.05) is 116 Å². The minimum Gasteiger partial charge on any atom is -2.00 e. The molecule has 2 amide bonds. The van der Waals surface area contributed by atoms with Crippen molar-refractivity contribution in [3.05, 3.63) is 115 Å². The van der Waals surface area contributed by atoms with Gasteiger partial charge in [-0.25, -0.2) is 0 Å². The fourth-order valence-electron chi connectivity index (χ4n) is 11.4. The quantitative estimate of drug-likeness (QED) is 0.0867. The van der Waals surface area contributed by atoms with E-state index in [1.165, 1.54) is 57.7 Å². The van der Waals surface area contributed by atoms with Crippen LogP contribution in [0.1, 0.15) is 284 Å². The summed E-state index contributed by atoms with van der Waals surface area (Å²) in [6.07, 6.45) is 10.5. The van der Waals surface area contributed by atoms with Crippen molar-refractivity contribution < 1.29 is 83.6 Å². The largest absolute Gasteiger partial charge is 2.00 e. The molecule has 95 heavy (non-hydrogen) atoms. The Hall–Kier alpha value is -4.09. The van der Waals surface area contributed by atoms with E-state index in [0.717, 1.165) is 83.0 Å². The second-order valence-electron chi connectivity index (χ2n) is 34.7. The Bertz CT molecular complexity index is 2580. The van der Waals surface area contributed by atoms with Gasteiger partial charge in [-0.1, -0.05) is 240 Å². The molecule has 0 unspecified atom stereocenters. The van der Waals surface area contributed by atoms with E-state index in [1.54, 1.807) is 28.2 Å². The Kier molecular flexibility index (Phi) is 38.5. The Morgan fingerprint density at radius 1 is 0.326 bits per heavy atom. The molecule has 0 bridgehead atoms. The summed E-state index contributed by atoms with van der Waals surface area (Å²) in [6.45, 7) is 54.3. The van der Waals surface area contributed by atoms with Gasteiger partial charge < -0.3 is 67.9 Å². The molecule has 4 aromatic rings. The third-order valence-corrected chi connectivity index (χ3v) is 17.5. The first-order valence-corrected chi connectivity index (χ1v) is 33.5. The molecule has 17 heteroatoms. The zero-order valence-corrected chi connectivity index (χ0v) is 66.8. The summed E-state index contributed by atoms with van der Waals surface area (Å²) in [5.41, 5.74) is 10.9. The van der Waals surface area contributed by atoms with E-state index in [0.29, 0.717) is 26.2 Å². The number of hydrogen-bond donors (Lipinski definition) is 4. The number of nitrogens with one attached hydrogen (secondary N) is 4. The topological polar surface area (TPSA) is 266 Å². The van der Waals surface area contributed by atoms with Crippen LogP contribution in [0.25, 0.3) is 0 Å². The summed E-state index contributed by atoms with van der Waals surface area (Å²) < 4.78 is 0. The summed E-state index contributed by atoms with van der Waals surface area (Å²) in [6, 6.07) is 18.0. The summed E-state index contributed by atoms with van der Waals surface area (Å²) in [4.78, 5) is 21.8. The van der Waals surface area contributed by atoms with Gasteiger partial charge in [-0.05, 0) is 136 Å². The van der Waals surface area contributed by atoms with Crippen molar-refractivity contribution in [2.24, 2.45) is 0 Å². The van der Waals surface area contributed by atoms with E-state index >= 15 is 0 Å². The maximum atomic E-state index is 13.5. The number of hydrogen-bond acceptors (Lipinski definition) is 10. The molecule has 0 heterocycles. The Balaban J connectivity index is -0.00000149. The predicted octanol–water partition coefficient (Wildman–Crippen LogP) is 13.5. The molecule has 542 valence electrons. The smallest absolute Gasteiger partial charge is 0.209 e. The molecule has 4 atom stereocenters. The number of amides is 2. The van der Waals surface area contributed by atoms with E-state index in [9.17, 15) is 30.0 Å². The van der Waals surface area contributed by atoms with Crippen LogP contribution >= 0.6 is 0 Å². The SMILES string of the molecule is CC(C)(C)c1cc(CN[C@@H]2CCCC[C@H]2NCc2cc(C(C)(C)C)cc(C(C)(C)C)c2[O-])c([O-])c(C(C)(C)C)c1.CC(C)(C)c1cc(CN[C@@H]2CCCC[C@H]2NCc2cc(C(C)(C)C)cc(C(C)(C)C)c2[O-])c([O-])c(C(C)(C)C)c1.CN(C)C=O.CN(C)C=O.[O-2].[O-2].[O-2].[V].[V]. The van der Waals surface area contributed by atoms with Crippen molar-refractivity contribution in [1.29, 1.82) is 0 Å². The maximum absolute atomic E-state index is 13.5. The van der Waals surface area contributed by atoms with E-state index < -0.39 is 0 Å². The molecule has 2 aliphatic carbocycles. The van der Waals surface area contributed by atoms with Crippen LogP contribution in [-0.4, -0.2) is 75.0 Å². The summed E-state index contributed by atoms with van der Waals surface area (Å²) in [7, 11) is 6.75. The van der Waals surface area contributed by atoms with E-state index in [-0.39, 0.29) is 144 Å². The van der Waals surface area contributed by atoms with E-state index in [1.807, 2.05) is 0 Å². The number of carbonyl (C=O) groups is 2. The average molecular weight is 1390 g/mol. The minimum absolute atomic E-state index is 0. The number of carbonyl (C=O) groups excluding carboxylic acids is 2. The van der Waals surface area contributed by atoms with Crippen LogP contribution in [-0.2, 0) is 133 Å². The number of benzene rings is 4. The van der Waals surface area contributed by atoms with Crippen molar-refractivity contribution in [3.63, 3.8) is 0 Å². The van der Waals surface area contributed by atoms with Gasteiger partial charge in [0.2, 0.25) is 12.8 Å². The summed E-state index contributed by atoms with van der Waals surface area (Å²) >= 11 is 0. The molecule has 4 N–H and O–H groups in total. The number of rotatable bonds is 14. The number of nitrogens with zero attached hydrogens (tertiary/aromatic N) is 2. The molecule has 4 aromatic carbocycles. The second-order valence-corrected chi connectivity index (χ2v) is 34.7. The van der Waals surface area contributed by atoms with Crippen LogP contribution in [0, 0.1) is 0 Å². The van der Waals surface area contributed by atoms with Crippen LogP contribution in [0.5, 0.6) is 23.0 Å². The van der Waals surface area contributed by atoms with Crippen LogP contribution in [0.3, 0.4) is 0 Å². The first-order chi connectivity index (χ1) is 40.9. The van der Waals surface area contributed by atoms with Gasteiger partial charge in [-0.2, -0.15) is 0 Å². The van der Waals surface area contributed by atoms with Gasteiger partial charge in [-0.3, -0.25) is 9.59 Å². The molecule has 6 rings (SSSR count). The Labute approximate surface area is 601 Å². The van der Waals surface area contributed by atoms with Gasteiger partial charge in [0.25, 0.3) is 0 Å². The van der Waals surface area contributed by atoms with E-state index in [2.05, 4.69) is 236 Å². The maximum Gasteiger partial charge on any atom is 0.209 e. The molecule has 0 aromatic heterocycles. The van der Waals surface area contributed by atoms with Crippen LogP contribution in [0.2, 0.25) is 0 Å². The third-order valence-electron chi connectivity index (χ3n) is 17.5. The summed E-state index contributed by atoms with van der Waals surface area (Å²) in [5, 5.41) is 69.2. The molecular weight excluding hydrogens is 1270 g/mol. The van der Waals surface area contributed by atoms with Gasteiger partial charge >= 0.3 is 0 Å². The van der Waals surface area contributed by atoms with Gasteiger partial charge in [0.1, 0.15) is 0 Å². The van der Waals surface area contributed by atoms with Gasteiger partial charge in [0.15, 0.2) is 0 Å². The van der Waals surface area contributed by atoms with Gasteiger partial charge in [0.05, 0.1) is 0 Å².